The highest BCUT2D eigenvalue weighted by Gasteiger charge is 2.03. The number of benzene rings is 1. The smallest absolute Gasteiger partial charge is 0.132 e. The van der Waals surface area contributed by atoms with Gasteiger partial charge in [-0.15, -0.1) is 0 Å². The summed E-state index contributed by atoms with van der Waals surface area (Å²) in [5.74, 6) is 1.19. The molecule has 17 heavy (non-hydrogen) atoms. The fraction of sp³-hybridized carbons (Fsp3) is 0.308. The molecule has 0 aliphatic carbocycles. The number of aromatic nitrogens is 2. The van der Waals surface area contributed by atoms with Crippen LogP contribution in [0.5, 0.6) is 5.75 Å². The molecule has 0 unspecified atom stereocenters. The van der Waals surface area contributed by atoms with E-state index in [2.05, 4.69) is 11.9 Å². The van der Waals surface area contributed by atoms with Gasteiger partial charge in [0, 0.05) is 18.8 Å². The van der Waals surface area contributed by atoms with Crippen molar-refractivity contribution in [2.75, 3.05) is 0 Å². The van der Waals surface area contributed by atoms with Gasteiger partial charge in [-0.3, -0.25) is 0 Å². The summed E-state index contributed by atoms with van der Waals surface area (Å²) in [5.41, 5.74) is 0.855. The van der Waals surface area contributed by atoms with Crippen molar-refractivity contribution < 1.29 is 9.13 Å². The van der Waals surface area contributed by atoms with Crippen LogP contribution in [0.25, 0.3) is 0 Å². The van der Waals surface area contributed by atoms with Crippen molar-refractivity contribution in [2.45, 2.75) is 27.0 Å². The highest BCUT2D eigenvalue weighted by atomic mass is 19.1. The predicted molar refractivity (Wildman–Crippen MR) is 63.4 cm³/mol. The van der Waals surface area contributed by atoms with Crippen LogP contribution in [0.15, 0.2) is 30.5 Å². The molecule has 4 heteroatoms. The SMILES string of the molecule is CCn1cc(COc2cccc(F)c2)nc1C. The van der Waals surface area contributed by atoms with E-state index in [1.165, 1.54) is 12.1 Å². The molecule has 0 aliphatic heterocycles. The van der Waals surface area contributed by atoms with Gasteiger partial charge in [0.2, 0.25) is 0 Å². The predicted octanol–water partition coefficient (Wildman–Crippen LogP) is 2.93. The molecule has 90 valence electrons. The van der Waals surface area contributed by atoms with Crippen LogP contribution < -0.4 is 4.74 Å². The minimum atomic E-state index is -0.294. The zero-order valence-corrected chi connectivity index (χ0v) is 9.98. The summed E-state index contributed by atoms with van der Waals surface area (Å²) in [6.07, 6.45) is 1.95. The highest BCUT2D eigenvalue weighted by Crippen LogP contribution is 2.14. The molecule has 0 saturated heterocycles. The fourth-order valence-corrected chi connectivity index (χ4v) is 1.68. The Bertz CT molecular complexity index is 508. The maximum absolute atomic E-state index is 12.9. The van der Waals surface area contributed by atoms with Crippen LogP contribution in [0.2, 0.25) is 0 Å². The molecule has 1 aromatic heterocycles. The van der Waals surface area contributed by atoms with E-state index in [9.17, 15) is 4.39 Å². The molecule has 1 aromatic carbocycles. The van der Waals surface area contributed by atoms with Gasteiger partial charge in [-0.25, -0.2) is 9.37 Å². The summed E-state index contributed by atoms with van der Waals surface area (Å²) >= 11 is 0. The third-order valence-electron chi connectivity index (χ3n) is 2.55. The largest absolute Gasteiger partial charge is 0.487 e. The Hall–Kier alpha value is -1.84. The van der Waals surface area contributed by atoms with Crippen LogP contribution in [0.3, 0.4) is 0 Å². The van der Waals surface area contributed by atoms with Crippen LogP contribution in [0, 0.1) is 12.7 Å². The molecule has 0 fully saturated rings. The van der Waals surface area contributed by atoms with E-state index in [1.807, 2.05) is 17.7 Å². The lowest BCUT2D eigenvalue weighted by Crippen LogP contribution is -1.96. The van der Waals surface area contributed by atoms with Crippen LogP contribution in [-0.2, 0) is 13.2 Å². The number of imidazole rings is 1. The molecule has 0 spiro atoms. The molecule has 0 amide bonds. The van der Waals surface area contributed by atoms with Gasteiger partial charge in [0.1, 0.15) is 24.0 Å². The Morgan fingerprint density at radius 1 is 1.41 bits per heavy atom. The van der Waals surface area contributed by atoms with Gasteiger partial charge in [-0.05, 0) is 26.0 Å². The number of hydrogen-bond acceptors (Lipinski definition) is 2. The van der Waals surface area contributed by atoms with Crippen molar-refractivity contribution in [3.05, 3.63) is 47.8 Å². The van der Waals surface area contributed by atoms with Crippen LogP contribution >= 0.6 is 0 Å². The van der Waals surface area contributed by atoms with Crippen molar-refractivity contribution in [3.63, 3.8) is 0 Å². The molecule has 3 nitrogen and oxygen atoms in total. The standard InChI is InChI=1S/C13H15FN2O/c1-3-16-8-12(15-10(16)2)9-17-13-6-4-5-11(14)7-13/h4-8H,3,9H2,1-2H3. The summed E-state index contributed by atoms with van der Waals surface area (Å²) in [4.78, 5) is 4.36. The molecule has 0 radical (unpaired) electrons. The Morgan fingerprint density at radius 2 is 2.24 bits per heavy atom. The zero-order chi connectivity index (χ0) is 12.3. The number of rotatable bonds is 4. The van der Waals surface area contributed by atoms with Crippen molar-refractivity contribution in [1.82, 2.24) is 9.55 Å². The molecule has 0 N–H and O–H groups in total. The van der Waals surface area contributed by atoms with Gasteiger partial charge >= 0.3 is 0 Å². The van der Waals surface area contributed by atoms with Gasteiger partial charge in [0.15, 0.2) is 0 Å². The maximum Gasteiger partial charge on any atom is 0.132 e. The quantitative estimate of drug-likeness (QED) is 0.813. The topological polar surface area (TPSA) is 27.1 Å². The second kappa shape index (κ2) is 4.99. The van der Waals surface area contributed by atoms with Gasteiger partial charge in [0.25, 0.3) is 0 Å². The zero-order valence-electron chi connectivity index (χ0n) is 9.98. The van der Waals surface area contributed by atoms with E-state index in [1.54, 1.807) is 12.1 Å². The van der Waals surface area contributed by atoms with Crippen molar-refractivity contribution >= 4 is 0 Å². The minimum Gasteiger partial charge on any atom is -0.487 e. The highest BCUT2D eigenvalue weighted by molar-refractivity contribution is 5.22. The molecule has 0 aliphatic rings. The first-order valence-electron chi connectivity index (χ1n) is 5.60. The summed E-state index contributed by atoms with van der Waals surface area (Å²) in [6, 6.07) is 6.11. The van der Waals surface area contributed by atoms with E-state index in [4.69, 9.17) is 4.74 Å². The Morgan fingerprint density at radius 3 is 2.88 bits per heavy atom. The fourth-order valence-electron chi connectivity index (χ4n) is 1.68. The number of halogens is 1. The van der Waals surface area contributed by atoms with E-state index < -0.39 is 0 Å². The number of ether oxygens (including phenoxy) is 1. The normalized spacial score (nSPS) is 10.5. The average molecular weight is 234 g/mol. The molecule has 2 rings (SSSR count). The van der Waals surface area contributed by atoms with E-state index in [0.29, 0.717) is 12.4 Å². The van der Waals surface area contributed by atoms with Gasteiger partial charge in [0.05, 0.1) is 5.69 Å². The van der Waals surface area contributed by atoms with E-state index >= 15 is 0 Å². The summed E-state index contributed by atoms with van der Waals surface area (Å²) in [6.45, 7) is 5.26. The monoisotopic (exact) mass is 234 g/mol. The first kappa shape index (κ1) is 11.6. The van der Waals surface area contributed by atoms with E-state index in [0.717, 1.165) is 18.1 Å². The Kier molecular flexibility index (Phi) is 3.42. The summed E-state index contributed by atoms with van der Waals surface area (Å²) in [5, 5.41) is 0. The van der Waals surface area contributed by atoms with Crippen molar-refractivity contribution in [3.8, 4) is 5.75 Å². The molecule has 0 atom stereocenters. The minimum absolute atomic E-state index is 0.294. The molecule has 1 heterocycles. The summed E-state index contributed by atoms with van der Waals surface area (Å²) < 4.78 is 20.4. The Labute approximate surface area is 99.9 Å². The first-order chi connectivity index (χ1) is 8.19. The second-order valence-corrected chi connectivity index (χ2v) is 3.81. The summed E-state index contributed by atoms with van der Waals surface area (Å²) in [7, 11) is 0. The van der Waals surface area contributed by atoms with Crippen LogP contribution in [0.4, 0.5) is 4.39 Å². The molecule has 0 bridgehead atoms. The lowest BCUT2D eigenvalue weighted by atomic mass is 10.3. The molecular weight excluding hydrogens is 219 g/mol. The van der Waals surface area contributed by atoms with Gasteiger partial charge in [-0.2, -0.15) is 0 Å². The van der Waals surface area contributed by atoms with Crippen molar-refractivity contribution in [2.24, 2.45) is 0 Å². The lowest BCUT2D eigenvalue weighted by Gasteiger charge is -2.03. The number of hydrogen-bond donors (Lipinski definition) is 0. The average Bonchev–Trinajstić information content (AvgIpc) is 2.67. The van der Waals surface area contributed by atoms with Gasteiger partial charge in [-0.1, -0.05) is 6.07 Å². The van der Waals surface area contributed by atoms with Crippen LogP contribution in [0.1, 0.15) is 18.4 Å². The third kappa shape index (κ3) is 2.84. The molecule has 2 aromatic rings. The van der Waals surface area contributed by atoms with E-state index in [-0.39, 0.29) is 5.82 Å². The maximum atomic E-state index is 12.9. The van der Waals surface area contributed by atoms with Crippen molar-refractivity contribution in [1.29, 1.82) is 0 Å². The second-order valence-electron chi connectivity index (χ2n) is 3.81. The molecular formula is C13H15FN2O. The Balaban J connectivity index is 2.02. The van der Waals surface area contributed by atoms with Gasteiger partial charge < -0.3 is 9.30 Å². The van der Waals surface area contributed by atoms with Crippen LogP contribution in [-0.4, -0.2) is 9.55 Å². The first-order valence-corrected chi connectivity index (χ1v) is 5.60. The number of nitrogens with zero attached hydrogens (tertiary/aromatic N) is 2. The number of aryl methyl sites for hydroxylation is 2. The molecule has 0 saturated carbocycles. The third-order valence-corrected chi connectivity index (χ3v) is 2.55. The lowest BCUT2D eigenvalue weighted by molar-refractivity contribution is 0.300.